The molecule has 0 unspecified atom stereocenters. The van der Waals surface area contributed by atoms with E-state index >= 15 is 0 Å². The molecule has 0 aliphatic carbocycles. The zero-order valence-corrected chi connectivity index (χ0v) is 17.7. The zero-order valence-electron chi connectivity index (χ0n) is 16.9. The van der Waals surface area contributed by atoms with E-state index in [1.165, 1.54) is 0 Å². The summed E-state index contributed by atoms with van der Waals surface area (Å²) in [7, 11) is 0. The van der Waals surface area contributed by atoms with Gasteiger partial charge in [0.1, 0.15) is 5.75 Å². The predicted octanol–water partition coefficient (Wildman–Crippen LogP) is 4.97. The molecular weight excluding hydrogens is 376 g/mol. The van der Waals surface area contributed by atoms with E-state index in [-0.39, 0.29) is 17.4 Å². The molecule has 1 atom stereocenters. The monoisotopic (exact) mass is 402 g/mol. The van der Waals surface area contributed by atoms with Crippen LogP contribution in [0.4, 0.5) is 5.69 Å². The average molecular weight is 403 g/mol. The molecule has 2 N–H and O–H groups in total. The van der Waals surface area contributed by atoms with E-state index in [2.05, 4.69) is 10.6 Å². The topological polar surface area (TPSA) is 67.4 Å². The molecule has 2 aromatic carbocycles. The van der Waals surface area contributed by atoms with Crippen molar-refractivity contribution in [3.05, 3.63) is 58.6 Å². The molecule has 0 spiro atoms. The number of rotatable bonds is 6. The van der Waals surface area contributed by atoms with E-state index in [9.17, 15) is 9.59 Å². The molecule has 6 heteroatoms. The summed E-state index contributed by atoms with van der Waals surface area (Å²) < 4.78 is 5.84. The highest BCUT2D eigenvalue weighted by Gasteiger charge is 2.22. The summed E-state index contributed by atoms with van der Waals surface area (Å²) in [6, 6.07) is 12.2. The molecule has 0 aliphatic rings. The van der Waals surface area contributed by atoms with E-state index < -0.39 is 6.10 Å². The highest BCUT2D eigenvalue weighted by Crippen LogP contribution is 2.23. The van der Waals surface area contributed by atoms with Crippen LogP contribution in [0, 0.1) is 6.92 Å². The van der Waals surface area contributed by atoms with Crippen LogP contribution >= 0.6 is 11.6 Å². The van der Waals surface area contributed by atoms with Crippen molar-refractivity contribution in [3.8, 4) is 5.75 Å². The van der Waals surface area contributed by atoms with Crippen molar-refractivity contribution in [3.63, 3.8) is 0 Å². The number of carbonyl (C=O) groups is 2. The third-order valence-corrected chi connectivity index (χ3v) is 4.41. The number of hydrogen-bond acceptors (Lipinski definition) is 3. The Morgan fingerprint density at radius 3 is 2.43 bits per heavy atom. The number of hydrogen-bond donors (Lipinski definition) is 2. The van der Waals surface area contributed by atoms with Gasteiger partial charge in [0.15, 0.2) is 6.10 Å². The van der Waals surface area contributed by atoms with Gasteiger partial charge in [-0.15, -0.1) is 0 Å². The summed E-state index contributed by atoms with van der Waals surface area (Å²) in [4.78, 5) is 25.3. The number of amides is 2. The van der Waals surface area contributed by atoms with Crippen molar-refractivity contribution >= 4 is 29.1 Å². The standard InChI is InChI=1S/C22H27ClN2O3/c1-6-19(28-15-11-12-17(23)14(2)13-15)21(27)24-18-10-8-7-9-16(18)20(26)25-22(3,4)5/h7-13,19H,6H2,1-5H3,(H,24,27)(H,25,26)/t19-/m1/s1. The second-order valence-electron chi connectivity index (χ2n) is 7.66. The van der Waals surface area contributed by atoms with Crippen molar-refractivity contribution in [1.29, 1.82) is 0 Å². The molecule has 0 saturated heterocycles. The molecule has 150 valence electrons. The molecule has 0 heterocycles. The van der Waals surface area contributed by atoms with Gasteiger partial charge >= 0.3 is 0 Å². The van der Waals surface area contributed by atoms with Gasteiger partial charge in [-0.3, -0.25) is 9.59 Å². The molecule has 0 saturated carbocycles. The van der Waals surface area contributed by atoms with Gasteiger partial charge in [-0.2, -0.15) is 0 Å². The maximum absolute atomic E-state index is 12.8. The van der Waals surface area contributed by atoms with Crippen LogP contribution in [0.5, 0.6) is 5.75 Å². The Morgan fingerprint density at radius 2 is 1.82 bits per heavy atom. The molecule has 2 amide bonds. The number of ether oxygens (including phenoxy) is 1. The quantitative estimate of drug-likeness (QED) is 0.716. The summed E-state index contributed by atoms with van der Waals surface area (Å²) in [5, 5.41) is 6.38. The number of nitrogens with one attached hydrogen (secondary N) is 2. The highest BCUT2D eigenvalue weighted by molar-refractivity contribution is 6.31. The van der Waals surface area contributed by atoms with Crippen molar-refractivity contribution in [2.45, 2.75) is 52.7 Å². The largest absolute Gasteiger partial charge is 0.481 e. The van der Waals surface area contributed by atoms with Gasteiger partial charge in [0.05, 0.1) is 11.3 Å². The maximum atomic E-state index is 12.8. The first kappa shape index (κ1) is 21.8. The third-order valence-electron chi connectivity index (χ3n) is 3.99. The van der Waals surface area contributed by atoms with Crippen LogP contribution in [-0.4, -0.2) is 23.5 Å². The van der Waals surface area contributed by atoms with Crippen LogP contribution in [0.3, 0.4) is 0 Å². The minimum Gasteiger partial charge on any atom is -0.481 e. The molecule has 0 aliphatic heterocycles. The van der Waals surface area contributed by atoms with Gasteiger partial charge in [-0.1, -0.05) is 30.7 Å². The van der Waals surface area contributed by atoms with E-state index in [4.69, 9.17) is 16.3 Å². The Hall–Kier alpha value is -2.53. The number of para-hydroxylation sites is 1. The van der Waals surface area contributed by atoms with Crippen LogP contribution in [-0.2, 0) is 4.79 Å². The first-order chi connectivity index (χ1) is 13.1. The summed E-state index contributed by atoms with van der Waals surface area (Å²) in [6.45, 7) is 9.45. The van der Waals surface area contributed by atoms with Crippen LogP contribution in [0.1, 0.15) is 50.0 Å². The van der Waals surface area contributed by atoms with Gasteiger partial charge in [-0.05, 0) is 70.0 Å². The summed E-state index contributed by atoms with van der Waals surface area (Å²) in [5.41, 5.74) is 1.35. The Morgan fingerprint density at radius 1 is 1.14 bits per heavy atom. The summed E-state index contributed by atoms with van der Waals surface area (Å²) in [5.74, 6) is 0.0134. The second-order valence-corrected chi connectivity index (χ2v) is 8.07. The van der Waals surface area contributed by atoms with Crippen molar-refractivity contribution in [1.82, 2.24) is 5.32 Å². The average Bonchev–Trinajstić information content (AvgIpc) is 2.61. The number of carbonyl (C=O) groups excluding carboxylic acids is 2. The van der Waals surface area contributed by atoms with Crippen LogP contribution in [0.15, 0.2) is 42.5 Å². The third kappa shape index (κ3) is 5.99. The Labute approximate surface area is 171 Å². The van der Waals surface area contributed by atoms with E-state index in [0.717, 1.165) is 5.56 Å². The van der Waals surface area contributed by atoms with Crippen LogP contribution < -0.4 is 15.4 Å². The molecule has 0 fully saturated rings. The lowest BCUT2D eigenvalue weighted by Crippen LogP contribution is -2.41. The second kappa shape index (κ2) is 9.11. The maximum Gasteiger partial charge on any atom is 0.265 e. The van der Waals surface area contributed by atoms with E-state index in [1.54, 1.807) is 42.5 Å². The van der Waals surface area contributed by atoms with E-state index in [0.29, 0.717) is 28.4 Å². The minimum absolute atomic E-state index is 0.245. The predicted molar refractivity (Wildman–Crippen MR) is 113 cm³/mol. The number of aryl methyl sites for hydroxylation is 1. The first-order valence-corrected chi connectivity index (χ1v) is 9.63. The van der Waals surface area contributed by atoms with Gasteiger partial charge < -0.3 is 15.4 Å². The lowest BCUT2D eigenvalue weighted by atomic mass is 10.1. The van der Waals surface area contributed by atoms with Crippen molar-refractivity contribution in [2.75, 3.05) is 5.32 Å². The Balaban J connectivity index is 2.16. The molecule has 0 radical (unpaired) electrons. The summed E-state index contributed by atoms with van der Waals surface area (Å²) in [6.07, 6.45) is -0.219. The van der Waals surface area contributed by atoms with Gasteiger partial charge in [0.25, 0.3) is 11.8 Å². The van der Waals surface area contributed by atoms with E-state index in [1.807, 2.05) is 34.6 Å². The smallest absolute Gasteiger partial charge is 0.265 e. The molecule has 0 aromatic heterocycles. The molecular formula is C22H27ClN2O3. The normalized spacial score (nSPS) is 12.2. The molecule has 5 nitrogen and oxygen atoms in total. The fourth-order valence-corrected chi connectivity index (χ4v) is 2.71. The number of benzene rings is 2. The van der Waals surface area contributed by atoms with Crippen molar-refractivity contribution in [2.24, 2.45) is 0 Å². The number of halogens is 1. The molecule has 28 heavy (non-hydrogen) atoms. The SMILES string of the molecule is CC[C@@H](Oc1ccc(Cl)c(C)c1)C(=O)Nc1ccccc1C(=O)NC(C)(C)C. The molecule has 2 rings (SSSR count). The highest BCUT2D eigenvalue weighted by atomic mass is 35.5. The molecule has 2 aromatic rings. The lowest BCUT2D eigenvalue weighted by molar-refractivity contribution is -0.122. The molecule has 0 bridgehead atoms. The minimum atomic E-state index is -0.695. The first-order valence-electron chi connectivity index (χ1n) is 9.26. The Bertz CT molecular complexity index is 859. The Kier molecular flexibility index (Phi) is 7.08. The summed E-state index contributed by atoms with van der Waals surface area (Å²) >= 11 is 6.04. The van der Waals surface area contributed by atoms with Crippen molar-refractivity contribution < 1.29 is 14.3 Å². The van der Waals surface area contributed by atoms with Crippen LogP contribution in [0.2, 0.25) is 5.02 Å². The number of anilines is 1. The fraction of sp³-hybridized carbons (Fsp3) is 0.364. The lowest BCUT2D eigenvalue weighted by Gasteiger charge is -2.22. The van der Waals surface area contributed by atoms with Gasteiger partial charge in [0, 0.05) is 10.6 Å². The van der Waals surface area contributed by atoms with Crippen LogP contribution in [0.25, 0.3) is 0 Å². The van der Waals surface area contributed by atoms with Gasteiger partial charge in [-0.25, -0.2) is 0 Å². The fourth-order valence-electron chi connectivity index (χ4n) is 2.59. The zero-order chi connectivity index (χ0) is 20.9. The van der Waals surface area contributed by atoms with Gasteiger partial charge in [0.2, 0.25) is 0 Å².